The Morgan fingerprint density at radius 3 is 2.82 bits per heavy atom. The maximum atomic E-state index is 5.83. The molecule has 0 radical (unpaired) electrons. The molecule has 1 fully saturated rings. The molecule has 0 aromatic rings. The minimum absolute atomic E-state index is 0.419. The number of nitrogens with two attached hydrogens (primary N) is 1. The molecule has 0 heterocycles. The highest BCUT2D eigenvalue weighted by Gasteiger charge is 2.32. The summed E-state index contributed by atoms with van der Waals surface area (Å²) in [6.07, 6.45) is 4.61. The Hall–Kier alpha value is -0.480. The summed E-state index contributed by atoms with van der Waals surface area (Å²) in [7, 11) is 0. The number of hydrogen-bond acceptors (Lipinski definition) is 1. The lowest BCUT2D eigenvalue weighted by Crippen LogP contribution is -2.18. The van der Waals surface area contributed by atoms with Crippen LogP contribution >= 0.6 is 0 Å². The average molecular weight is 151 g/mol. The summed E-state index contributed by atoms with van der Waals surface area (Å²) in [5.41, 5.74) is 6.25. The topological polar surface area (TPSA) is 26.0 Å². The van der Waals surface area contributed by atoms with E-state index in [2.05, 4.69) is 18.8 Å². The quantitative estimate of drug-likeness (QED) is 0.569. The van der Waals surface area contributed by atoms with E-state index >= 15 is 0 Å². The van der Waals surface area contributed by atoms with Gasteiger partial charge < -0.3 is 5.73 Å². The van der Waals surface area contributed by atoms with Crippen LogP contribution < -0.4 is 5.73 Å². The molecule has 1 saturated carbocycles. The van der Waals surface area contributed by atoms with E-state index < -0.39 is 0 Å². The molecule has 1 heteroatoms. The Labute approximate surface area is 69.4 Å². The van der Waals surface area contributed by atoms with Crippen molar-refractivity contribution in [3.05, 3.63) is 0 Å². The lowest BCUT2D eigenvalue weighted by molar-refractivity contribution is 0.342. The van der Waals surface area contributed by atoms with Gasteiger partial charge in [-0.2, -0.15) is 0 Å². The second-order valence-electron chi connectivity index (χ2n) is 3.92. The molecule has 0 bridgehead atoms. The lowest BCUT2D eigenvalue weighted by atomic mass is 9.85. The first-order chi connectivity index (χ1) is 5.16. The molecule has 0 aromatic carbocycles. The number of hydrogen-bond donors (Lipinski definition) is 1. The molecule has 0 spiro atoms. The standard InChI is InChI=1S/C10H17N/c1-3-4-6-10(2)7-5-9(11)8-10/h9H,5-8,11H2,1-2H3. The third-order valence-corrected chi connectivity index (χ3v) is 2.57. The van der Waals surface area contributed by atoms with Crippen molar-refractivity contribution >= 4 is 0 Å². The molecule has 62 valence electrons. The molecule has 0 aromatic heterocycles. The molecule has 1 rings (SSSR count). The SMILES string of the molecule is CC#CCC1(C)CCC(N)C1. The molecule has 0 amide bonds. The van der Waals surface area contributed by atoms with Gasteiger partial charge in [-0.15, -0.1) is 11.8 Å². The van der Waals surface area contributed by atoms with Crippen molar-refractivity contribution in [1.82, 2.24) is 0 Å². The van der Waals surface area contributed by atoms with Crippen molar-refractivity contribution in [1.29, 1.82) is 0 Å². The van der Waals surface area contributed by atoms with Crippen LogP contribution in [0.2, 0.25) is 0 Å². The summed E-state index contributed by atoms with van der Waals surface area (Å²) >= 11 is 0. The van der Waals surface area contributed by atoms with Crippen LogP contribution in [0.15, 0.2) is 0 Å². The van der Waals surface area contributed by atoms with E-state index in [0.717, 1.165) is 12.8 Å². The summed E-state index contributed by atoms with van der Waals surface area (Å²) < 4.78 is 0. The summed E-state index contributed by atoms with van der Waals surface area (Å²) in [5, 5.41) is 0. The molecule has 2 unspecified atom stereocenters. The fraction of sp³-hybridized carbons (Fsp3) is 0.800. The second kappa shape index (κ2) is 3.28. The van der Waals surface area contributed by atoms with Crippen molar-refractivity contribution in [2.45, 2.75) is 45.6 Å². The van der Waals surface area contributed by atoms with Crippen LogP contribution in [0.3, 0.4) is 0 Å². The molecule has 11 heavy (non-hydrogen) atoms. The van der Waals surface area contributed by atoms with E-state index in [4.69, 9.17) is 5.73 Å². The van der Waals surface area contributed by atoms with Crippen LogP contribution in [-0.4, -0.2) is 6.04 Å². The van der Waals surface area contributed by atoms with Gasteiger partial charge in [0.1, 0.15) is 0 Å². The largest absolute Gasteiger partial charge is 0.328 e. The minimum atomic E-state index is 0.419. The highest BCUT2D eigenvalue weighted by Crippen LogP contribution is 2.39. The van der Waals surface area contributed by atoms with Gasteiger partial charge in [0.15, 0.2) is 0 Å². The van der Waals surface area contributed by atoms with E-state index in [1.807, 2.05) is 6.92 Å². The number of rotatable bonds is 1. The normalized spacial score (nSPS) is 36.5. The van der Waals surface area contributed by atoms with Crippen LogP contribution in [0.4, 0.5) is 0 Å². The summed E-state index contributed by atoms with van der Waals surface area (Å²) in [6, 6.07) is 0.429. The molecule has 1 nitrogen and oxygen atoms in total. The third-order valence-electron chi connectivity index (χ3n) is 2.57. The molecular formula is C10H17N. The molecule has 2 atom stereocenters. The van der Waals surface area contributed by atoms with Gasteiger partial charge in [0.05, 0.1) is 0 Å². The monoisotopic (exact) mass is 151 g/mol. The van der Waals surface area contributed by atoms with Crippen molar-refractivity contribution in [3.8, 4) is 11.8 Å². The van der Waals surface area contributed by atoms with E-state index in [9.17, 15) is 0 Å². The molecule has 1 aliphatic carbocycles. The molecular weight excluding hydrogens is 134 g/mol. The first-order valence-electron chi connectivity index (χ1n) is 4.31. The smallest absolute Gasteiger partial charge is 0.0143 e. The average Bonchev–Trinajstić information content (AvgIpc) is 2.28. The van der Waals surface area contributed by atoms with Crippen LogP contribution in [-0.2, 0) is 0 Å². The van der Waals surface area contributed by atoms with Crippen LogP contribution in [0.1, 0.15) is 39.5 Å². The lowest BCUT2D eigenvalue weighted by Gasteiger charge is -2.19. The molecule has 2 N–H and O–H groups in total. The van der Waals surface area contributed by atoms with Crippen molar-refractivity contribution in [2.75, 3.05) is 0 Å². The van der Waals surface area contributed by atoms with Crippen molar-refractivity contribution in [2.24, 2.45) is 11.1 Å². The Morgan fingerprint density at radius 2 is 2.36 bits per heavy atom. The third kappa shape index (κ3) is 2.24. The van der Waals surface area contributed by atoms with Crippen LogP contribution in [0, 0.1) is 17.3 Å². The van der Waals surface area contributed by atoms with Crippen molar-refractivity contribution < 1.29 is 0 Å². The predicted octanol–water partition coefficient (Wildman–Crippen LogP) is 1.92. The zero-order valence-corrected chi connectivity index (χ0v) is 7.48. The van der Waals surface area contributed by atoms with Gasteiger partial charge in [-0.3, -0.25) is 0 Å². The van der Waals surface area contributed by atoms with Crippen LogP contribution in [0.5, 0.6) is 0 Å². The van der Waals surface area contributed by atoms with Gasteiger partial charge in [-0.25, -0.2) is 0 Å². The van der Waals surface area contributed by atoms with E-state index in [0.29, 0.717) is 11.5 Å². The van der Waals surface area contributed by atoms with Gasteiger partial charge in [0.2, 0.25) is 0 Å². The zero-order chi connectivity index (χ0) is 8.32. The van der Waals surface area contributed by atoms with Gasteiger partial charge in [0, 0.05) is 12.5 Å². The summed E-state index contributed by atoms with van der Waals surface area (Å²) in [6.45, 7) is 4.20. The van der Waals surface area contributed by atoms with E-state index in [1.54, 1.807) is 0 Å². The Morgan fingerprint density at radius 1 is 1.64 bits per heavy atom. The maximum Gasteiger partial charge on any atom is 0.0143 e. The Bertz CT molecular complexity index is 187. The fourth-order valence-corrected chi connectivity index (χ4v) is 1.83. The first-order valence-corrected chi connectivity index (χ1v) is 4.31. The maximum absolute atomic E-state index is 5.83. The highest BCUT2D eigenvalue weighted by atomic mass is 14.7. The molecule has 0 aliphatic heterocycles. The zero-order valence-electron chi connectivity index (χ0n) is 7.48. The van der Waals surface area contributed by atoms with E-state index in [-0.39, 0.29) is 0 Å². The van der Waals surface area contributed by atoms with Gasteiger partial charge in [-0.1, -0.05) is 6.92 Å². The minimum Gasteiger partial charge on any atom is -0.328 e. The summed E-state index contributed by atoms with van der Waals surface area (Å²) in [5.74, 6) is 6.09. The Balaban J connectivity index is 2.46. The Kier molecular flexibility index (Phi) is 2.57. The second-order valence-corrected chi connectivity index (χ2v) is 3.92. The van der Waals surface area contributed by atoms with Gasteiger partial charge in [0.25, 0.3) is 0 Å². The predicted molar refractivity (Wildman–Crippen MR) is 48.0 cm³/mol. The highest BCUT2D eigenvalue weighted by molar-refractivity contribution is 5.02. The van der Waals surface area contributed by atoms with Crippen molar-refractivity contribution in [3.63, 3.8) is 0 Å². The summed E-state index contributed by atoms with van der Waals surface area (Å²) in [4.78, 5) is 0. The fourth-order valence-electron chi connectivity index (χ4n) is 1.83. The van der Waals surface area contributed by atoms with Crippen LogP contribution in [0.25, 0.3) is 0 Å². The van der Waals surface area contributed by atoms with Gasteiger partial charge >= 0.3 is 0 Å². The van der Waals surface area contributed by atoms with E-state index in [1.165, 1.54) is 12.8 Å². The molecule has 0 saturated heterocycles. The molecule has 1 aliphatic rings. The first kappa shape index (κ1) is 8.62. The van der Waals surface area contributed by atoms with Gasteiger partial charge in [-0.05, 0) is 31.6 Å².